The van der Waals surface area contributed by atoms with E-state index in [2.05, 4.69) is 0 Å². The molecule has 0 aliphatic rings. The number of thiophene rings is 1. The molecule has 0 spiro atoms. The lowest BCUT2D eigenvalue weighted by molar-refractivity contribution is 0.373. The van der Waals surface area contributed by atoms with Crippen LogP contribution in [0, 0.1) is 0 Å². The van der Waals surface area contributed by atoms with Gasteiger partial charge in [0.25, 0.3) is 0 Å². The van der Waals surface area contributed by atoms with Gasteiger partial charge in [0.1, 0.15) is 0 Å². The fourth-order valence-corrected chi connectivity index (χ4v) is 2.48. The maximum absolute atomic E-state index is 12.3. The second-order valence-corrected chi connectivity index (χ2v) is 4.54. The Balaban J connectivity index is 2.26. The van der Waals surface area contributed by atoms with Gasteiger partial charge >= 0.3 is 6.08 Å². The molecule has 0 aromatic carbocycles. The highest BCUT2D eigenvalue weighted by atomic mass is 32.2. The number of thioether (sulfide) groups is 1. The zero-order valence-corrected chi connectivity index (χ0v) is 8.23. The minimum atomic E-state index is -2.20. The fourth-order valence-electron chi connectivity index (χ4n) is 0.681. The van der Waals surface area contributed by atoms with Crippen LogP contribution in [0.15, 0.2) is 33.6 Å². The lowest BCUT2D eigenvalue weighted by Gasteiger charge is -1.95. The molecular weight excluding hydrogens is 217 g/mol. The molecule has 1 aromatic rings. The first kappa shape index (κ1) is 10.7. The lowest BCUT2D eigenvalue weighted by atomic mass is 10.4. The molecule has 0 atom stereocenters. The van der Waals surface area contributed by atoms with E-state index in [0.717, 1.165) is 4.21 Å². The Bertz CT molecular complexity index is 276. The van der Waals surface area contributed by atoms with Gasteiger partial charge < -0.3 is 0 Å². The third kappa shape index (κ3) is 3.87. The third-order valence-corrected chi connectivity index (χ3v) is 3.40. The minimum Gasteiger partial charge on any atom is -0.206 e. The summed E-state index contributed by atoms with van der Waals surface area (Å²) in [6.07, 6.45) is -2.41. The number of halogens is 3. The van der Waals surface area contributed by atoms with Crippen LogP contribution in [0.4, 0.5) is 13.2 Å². The second kappa shape index (κ2) is 5.34. The molecule has 13 heavy (non-hydrogen) atoms. The zero-order chi connectivity index (χ0) is 9.68. The van der Waals surface area contributed by atoms with Crippen molar-refractivity contribution < 1.29 is 13.2 Å². The second-order valence-electron chi connectivity index (χ2n) is 2.20. The largest absolute Gasteiger partial charge is 0.301 e. The number of rotatable bonds is 4. The van der Waals surface area contributed by atoms with Gasteiger partial charge in [-0.05, 0) is 11.4 Å². The summed E-state index contributed by atoms with van der Waals surface area (Å²) < 4.78 is 36.5. The Morgan fingerprint density at radius 1 is 1.38 bits per heavy atom. The average molecular weight is 224 g/mol. The zero-order valence-electron chi connectivity index (χ0n) is 6.60. The molecule has 0 fully saturated rings. The Morgan fingerprint density at radius 3 is 2.69 bits per heavy atom. The molecule has 72 valence electrons. The molecule has 0 aliphatic heterocycles. The highest BCUT2D eigenvalue weighted by Gasteiger charge is 2.04. The van der Waals surface area contributed by atoms with Crippen LogP contribution in [0.5, 0.6) is 0 Å². The van der Waals surface area contributed by atoms with Crippen LogP contribution < -0.4 is 0 Å². The van der Waals surface area contributed by atoms with Crippen molar-refractivity contribution in [1.82, 2.24) is 0 Å². The van der Waals surface area contributed by atoms with Crippen LogP contribution in [0.1, 0.15) is 6.42 Å². The van der Waals surface area contributed by atoms with Gasteiger partial charge in [0.15, 0.2) is 5.83 Å². The average Bonchev–Trinajstić information content (AvgIpc) is 2.56. The quantitative estimate of drug-likeness (QED) is 0.687. The van der Waals surface area contributed by atoms with E-state index in [9.17, 15) is 13.2 Å². The van der Waals surface area contributed by atoms with E-state index in [1.165, 1.54) is 23.1 Å². The number of allylic oxidation sites excluding steroid dienone is 1. The summed E-state index contributed by atoms with van der Waals surface area (Å²) in [6, 6.07) is 3.75. The predicted octanol–water partition coefficient (Wildman–Crippen LogP) is 4.31. The predicted molar refractivity (Wildman–Crippen MR) is 50.0 cm³/mol. The minimum absolute atomic E-state index is 0.203. The van der Waals surface area contributed by atoms with Gasteiger partial charge in [-0.3, -0.25) is 0 Å². The van der Waals surface area contributed by atoms with Gasteiger partial charge in [-0.2, -0.15) is 8.78 Å². The van der Waals surface area contributed by atoms with Crippen LogP contribution in [-0.4, -0.2) is 5.75 Å². The molecule has 0 amide bonds. The third-order valence-electron chi connectivity index (χ3n) is 1.27. The smallest absolute Gasteiger partial charge is 0.206 e. The van der Waals surface area contributed by atoms with Crippen molar-refractivity contribution in [2.24, 2.45) is 0 Å². The first-order valence-corrected chi connectivity index (χ1v) is 5.42. The molecule has 0 bridgehead atoms. The SMILES string of the molecule is FC(F)=C(F)CCSc1cccs1. The number of hydrogen-bond acceptors (Lipinski definition) is 2. The molecule has 0 saturated heterocycles. The van der Waals surface area contributed by atoms with Gasteiger partial charge in [-0.1, -0.05) is 6.07 Å². The van der Waals surface area contributed by atoms with Crippen LogP contribution in [0.3, 0.4) is 0 Å². The van der Waals surface area contributed by atoms with Crippen molar-refractivity contribution in [1.29, 1.82) is 0 Å². The van der Waals surface area contributed by atoms with E-state index in [0.29, 0.717) is 5.75 Å². The van der Waals surface area contributed by atoms with E-state index in [1.54, 1.807) is 0 Å². The van der Waals surface area contributed by atoms with Gasteiger partial charge in [0.2, 0.25) is 0 Å². The Labute approximate surface area is 82.5 Å². The lowest BCUT2D eigenvalue weighted by Crippen LogP contribution is -1.81. The van der Waals surface area contributed by atoms with Gasteiger partial charge in [-0.25, -0.2) is 4.39 Å². The van der Waals surface area contributed by atoms with Crippen molar-refractivity contribution in [2.75, 3.05) is 5.75 Å². The molecule has 0 nitrogen and oxygen atoms in total. The summed E-state index contributed by atoms with van der Waals surface area (Å²) in [6.45, 7) is 0. The molecule has 0 N–H and O–H groups in total. The summed E-state index contributed by atoms with van der Waals surface area (Å²) >= 11 is 2.90. The van der Waals surface area contributed by atoms with E-state index in [-0.39, 0.29) is 6.42 Å². The normalized spacial score (nSPS) is 10.1. The van der Waals surface area contributed by atoms with Crippen molar-refractivity contribution in [3.63, 3.8) is 0 Å². The summed E-state index contributed by atoms with van der Waals surface area (Å²) in [5.74, 6) is -0.951. The van der Waals surface area contributed by atoms with Crippen molar-refractivity contribution >= 4 is 23.1 Å². The van der Waals surface area contributed by atoms with Crippen molar-refractivity contribution in [2.45, 2.75) is 10.6 Å². The first-order chi connectivity index (χ1) is 6.20. The van der Waals surface area contributed by atoms with Gasteiger partial charge in [0, 0.05) is 12.2 Å². The molecule has 0 aliphatic carbocycles. The fraction of sp³-hybridized carbons (Fsp3) is 0.250. The number of hydrogen-bond donors (Lipinski definition) is 0. The van der Waals surface area contributed by atoms with Crippen LogP contribution >= 0.6 is 23.1 Å². The van der Waals surface area contributed by atoms with Crippen LogP contribution in [0.25, 0.3) is 0 Å². The van der Waals surface area contributed by atoms with Crippen molar-refractivity contribution in [3.8, 4) is 0 Å². The molecule has 1 rings (SSSR count). The molecule has 1 heterocycles. The summed E-state index contributed by atoms with van der Waals surface area (Å²) in [5.41, 5.74) is 0. The van der Waals surface area contributed by atoms with Crippen molar-refractivity contribution in [3.05, 3.63) is 29.4 Å². The summed E-state index contributed by atoms with van der Waals surface area (Å²) in [7, 11) is 0. The highest BCUT2D eigenvalue weighted by molar-refractivity contribution is 8.01. The maximum atomic E-state index is 12.3. The van der Waals surface area contributed by atoms with E-state index >= 15 is 0 Å². The molecule has 0 unspecified atom stereocenters. The van der Waals surface area contributed by atoms with E-state index < -0.39 is 11.9 Å². The van der Waals surface area contributed by atoms with E-state index in [4.69, 9.17) is 0 Å². The topological polar surface area (TPSA) is 0 Å². The van der Waals surface area contributed by atoms with Crippen LogP contribution in [0.2, 0.25) is 0 Å². The molecule has 0 radical (unpaired) electrons. The Kier molecular flexibility index (Phi) is 4.38. The monoisotopic (exact) mass is 224 g/mol. The summed E-state index contributed by atoms with van der Waals surface area (Å²) in [5, 5.41) is 1.89. The first-order valence-electron chi connectivity index (χ1n) is 3.56. The highest BCUT2D eigenvalue weighted by Crippen LogP contribution is 2.26. The molecule has 0 saturated carbocycles. The van der Waals surface area contributed by atoms with Crippen LogP contribution in [-0.2, 0) is 0 Å². The molecule has 1 aromatic heterocycles. The standard InChI is InChI=1S/C8H7F3S2/c9-6(8(10)11)3-5-13-7-2-1-4-12-7/h1-2,4H,3,5H2. The van der Waals surface area contributed by atoms with Gasteiger partial charge in [-0.15, -0.1) is 23.1 Å². The summed E-state index contributed by atoms with van der Waals surface area (Å²) in [4.78, 5) is 0. The molecular formula is C8H7F3S2. The van der Waals surface area contributed by atoms with E-state index in [1.807, 2.05) is 17.5 Å². The van der Waals surface area contributed by atoms with Gasteiger partial charge in [0.05, 0.1) is 4.21 Å². The Hall–Kier alpha value is -0.420. The Morgan fingerprint density at radius 2 is 2.15 bits per heavy atom. The maximum Gasteiger partial charge on any atom is 0.301 e. The molecule has 5 heteroatoms.